The van der Waals surface area contributed by atoms with Gasteiger partial charge in [-0.3, -0.25) is 9.59 Å². The van der Waals surface area contributed by atoms with Crippen LogP contribution in [0.25, 0.3) is 0 Å². The Bertz CT molecular complexity index is 390. The van der Waals surface area contributed by atoms with Crippen LogP contribution < -0.4 is 10.6 Å². The van der Waals surface area contributed by atoms with Gasteiger partial charge in [-0.2, -0.15) is 0 Å². The van der Waals surface area contributed by atoms with E-state index in [0.29, 0.717) is 0 Å². The van der Waals surface area contributed by atoms with Gasteiger partial charge in [0.2, 0.25) is 11.8 Å². The van der Waals surface area contributed by atoms with Gasteiger partial charge >= 0.3 is 0 Å². The van der Waals surface area contributed by atoms with Crippen molar-refractivity contribution in [1.29, 1.82) is 0 Å². The van der Waals surface area contributed by atoms with Gasteiger partial charge in [0.15, 0.2) is 0 Å². The van der Waals surface area contributed by atoms with Gasteiger partial charge in [-0.1, -0.05) is 30.3 Å². The average Bonchev–Trinajstić information content (AvgIpc) is 2.29. The number of hydrogen-bond donors (Lipinski definition) is 2. The molecule has 0 saturated heterocycles. The summed E-state index contributed by atoms with van der Waals surface area (Å²) in [6.07, 6.45) is 0. The van der Waals surface area contributed by atoms with Gasteiger partial charge in [0, 0.05) is 6.92 Å². The largest absolute Gasteiger partial charge is 0.348 e. The quantitative estimate of drug-likeness (QED) is 0.827. The Kier molecular flexibility index (Phi) is 4.69. The van der Waals surface area contributed by atoms with Gasteiger partial charge < -0.3 is 10.6 Å². The lowest BCUT2D eigenvalue weighted by Crippen LogP contribution is -2.44. The van der Waals surface area contributed by atoms with Crippen LogP contribution in [-0.4, -0.2) is 17.9 Å². The predicted octanol–water partition coefficient (Wildman–Crippen LogP) is 1.39. The van der Waals surface area contributed by atoms with E-state index in [9.17, 15) is 9.59 Å². The molecule has 2 atom stereocenters. The van der Waals surface area contributed by atoms with Crippen LogP contribution in [0.5, 0.6) is 0 Å². The normalized spacial score (nSPS) is 13.6. The fourth-order valence-corrected chi connectivity index (χ4v) is 1.53. The minimum Gasteiger partial charge on any atom is -0.348 e. The molecule has 2 N–H and O–H groups in total. The highest BCUT2D eigenvalue weighted by Crippen LogP contribution is 2.10. The maximum absolute atomic E-state index is 11.7. The third-order valence-corrected chi connectivity index (χ3v) is 2.47. The van der Waals surface area contributed by atoms with Crippen LogP contribution in [0.1, 0.15) is 32.4 Å². The van der Waals surface area contributed by atoms with Crippen molar-refractivity contribution in [2.24, 2.45) is 0 Å². The van der Waals surface area contributed by atoms with E-state index in [1.807, 2.05) is 37.3 Å². The number of carbonyl (C=O) groups is 2. The van der Waals surface area contributed by atoms with Crippen molar-refractivity contribution >= 4 is 11.8 Å². The van der Waals surface area contributed by atoms with Crippen molar-refractivity contribution in [1.82, 2.24) is 10.6 Å². The molecule has 0 bridgehead atoms. The molecule has 0 unspecified atom stereocenters. The van der Waals surface area contributed by atoms with Crippen molar-refractivity contribution in [3.63, 3.8) is 0 Å². The first-order valence-electron chi connectivity index (χ1n) is 5.63. The average molecular weight is 234 g/mol. The molecule has 4 heteroatoms. The minimum absolute atomic E-state index is 0.0695. The third-order valence-electron chi connectivity index (χ3n) is 2.47. The second-order valence-corrected chi connectivity index (χ2v) is 4.06. The Balaban J connectivity index is 2.54. The topological polar surface area (TPSA) is 58.2 Å². The van der Waals surface area contributed by atoms with Crippen molar-refractivity contribution in [2.75, 3.05) is 0 Å². The molecule has 2 amide bonds. The van der Waals surface area contributed by atoms with Crippen molar-refractivity contribution in [2.45, 2.75) is 32.9 Å². The molecule has 92 valence electrons. The summed E-state index contributed by atoms with van der Waals surface area (Å²) in [6, 6.07) is 9.10. The molecular formula is C13H18N2O2. The zero-order valence-corrected chi connectivity index (χ0v) is 10.4. The SMILES string of the molecule is CC(=O)N[C@@H](C)C(=O)N[C@H](C)c1ccccc1. The van der Waals surface area contributed by atoms with Gasteiger partial charge in [-0.15, -0.1) is 0 Å². The molecule has 4 nitrogen and oxygen atoms in total. The molecule has 0 aliphatic heterocycles. The molecule has 1 rings (SSSR count). The van der Waals surface area contributed by atoms with Crippen LogP contribution in [0.4, 0.5) is 0 Å². The van der Waals surface area contributed by atoms with Crippen LogP contribution in [-0.2, 0) is 9.59 Å². The van der Waals surface area contributed by atoms with Gasteiger partial charge in [0.05, 0.1) is 6.04 Å². The fourth-order valence-electron chi connectivity index (χ4n) is 1.53. The molecule has 0 fully saturated rings. The molecule has 0 aromatic heterocycles. The molecule has 0 aliphatic carbocycles. The predicted molar refractivity (Wildman–Crippen MR) is 66.3 cm³/mol. The van der Waals surface area contributed by atoms with E-state index < -0.39 is 6.04 Å². The summed E-state index contributed by atoms with van der Waals surface area (Å²) in [5.41, 5.74) is 1.04. The second kappa shape index (κ2) is 6.03. The van der Waals surface area contributed by atoms with Crippen LogP contribution in [0.15, 0.2) is 30.3 Å². The maximum atomic E-state index is 11.7. The molecule has 0 radical (unpaired) electrons. The first kappa shape index (κ1) is 13.2. The highest BCUT2D eigenvalue weighted by molar-refractivity contribution is 5.86. The monoisotopic (exact) mass is 234 g/mol. The zero-order valence-electron chi connectivity index (χ0n) is 10.4. The molecule has 17 heavy (non-hydrogen) atoms. The van der Waals surface area contributed by atoms with Gasteiger partial charge in [-0.05, 0) is 19.4 Å². The van der Waals surface area contributed by atoms with E-state index in [1.54, 1.807) is 6.92 Å². The molecule has 1 aromatic rings. The van der Waals surface area contributed by atoms with Crippen LogP contribution >= 0.6 is 0 Å². The number of rotatable bonds is 4. The first-order valence-corrected chi connectivity index (χ1v) is 5.63. The highest BCUT2D eigenvalue weighted by Gasteiger charge is 2.16. The lowest BCUT2D eigenvalue weighted by Gasteiger charge is -2.18. The summed E-state index contributed by atoms with van der Waals surface area (Å²) in [4.78, 5) is 22.6. The van der Waals surface area contributed by atoms with Crippen LogP contribution in [0, 0.1) is 0 Å². The van der Waals surface area contributed by atoms with Crippen molar-refractivity contribution < 1.29 is 9.59 Å². The Morgan fingerprint density at radius 1 is 1.06 bits per heavy atom. The fraction of sp³-hybridized carbons (Fsp3) is 0.385. The van der Waals surface area contributed by atoms with Crippen LogP contribution in [0.2, 0.25) is 0 Å². The van der Waals surface area contributed by atoms with Gasteiger partial charge in [0.1, 0.15) is 6.04 Å². The van der Waals surface area contributed by atoms with E-state index in [4.69, 9.17) is 0 Å². The van der Waals surface area contributed by atoms with E-state index in [1.165, 1.54) is 6.92 Å². The zero-order chi connectivity index (χ0) is 12.8. The number of nitrogens with one attached hydrogen (secondary N) is 2. The second-order valence-electron chi connectivity index (χ2n) is 4.06. The van der Waals surface area contributed by atoms with Gasteiger partial charge in [0.25, 0.3) is 0 Å². The number of amides is 2. The van der Waals surface area contributed by atoms with Crippen LogP contribution in [0.3, 0.4) is 0 Å². The van der Waals surface area contributed by atoms with Crippen molar-refractivity contribution in [3.05, 3.63) is 35.9 Å². The Morgan fingerprint density at radius 3 is 2.18 bits per heavy atom. The Hall–Kier alpha value is -1.84. The summed E-state index contributed by atoms with van der Waals surface area (Å²) in [5, 5.41) is 5.40. The third kappa shape index (κ3) is 4.26. The molecule has 0 spiro atoms. The Morgan fingerprint density at radius 2 is 1.65 bits per heavy atom. The summed E-state index contributed by atoms with van der Waals surface area (Å²) < 4.78 is 0. The lowest BCUT2D eigenvalue weighted by atomic mass is 10.1. The smallest absolute Gasteiger partial charge is 0.242 e. The molecule has 0 saturated carbocycles. The summed E-state index contributed by atoms with van der Waals surface area (Å²) >= 11 is 0. The van der Waals surface area contributed by atoms with E-state index >= 15 is 0 Å². The maximum Gasteiger partial charge on any atom is 0.242 e. The van der Waals surface area contributed by atoms with Gasteiger partial charge in [-0.25, -0.2) is 0 Å². The Labute approximate surface area is 101 Å². The molecule has 0 heterocycles. The van der Waals surface area contributed by atoms with E-state index in [2.05, 4.69) is 10.6 Å². The number of hydrogen-bond acceptors (Lipinski definition) is 2. The summed E-state index contributed by atoms with van der Waals surface area (Å²) in [6.45, 7) is 4.96. The highest BCUT2D eigenvalue weighted by atomic mass is 16.2. The summed E-state index contributed by atoms with van der Waals surface area (Å²) in [5.74, 6) is -0.392. The minimum atomic E-state index is -0.515. The van der Waals surface area contributed by atoms with E-state index in [-0.39, 0.29) is 17.9 Å². The molecule has 0 aliphatic rings. The van der Waals surface area contributed by atoms with E-state index in [0.717, 1.165) is 5.56 Å². The first-order chi connectivity index (χ1) is 8.00. The summed E-state index contributed by atoms with van der Waals surface area (Å²) in [7, 11) is 0. The molecule has 1 aromatic carbocycles. The standard InChI is InChI=1S/C13H18N2O2/c1-9(12-7-5-4-6-8-12)15-13(17)10(2)14-11(3)16/h4-10H,1-3H3,(H,14,16)(H,15,17)/t9-,10+/m1/s1. The number of carbonyl (C=O) groups excluding carboxylic acids is 2. The van der Waals surface area contributed by atoms with Crippen molar-refractivity contribution in [3.8, 4) is 0 Å². The molecular weight excluding hydrogens is 216 g/mol. The number of benzene rings is 1. The lowest BCUT2D eigenvalue weighted by molar-refractivity contribution is -0.128.